The maximum absolute atomic E-state index is 14.2. The molecule has 116 valence electrons. The molecule has 0 spiro atoms. The molecule has 0 aliphatic carbocycles. The summed E-state index contributed by atoms with van der Waals surface area (Å²) in [5, 5.41) is 13.8. The van der Waals surface area contributed by atoms with Crippen molar-refractivity contribution in [2.45, 2.75) is 25.8 Å². The van der Waals surface area contributed by atoms with Gasteiger partial charge in [-0.1, -0.05) is 0 Å². The van der Waals surface area contributed by atoms with Crippen molar-refractivity contribution >= 4 is 5.91 Å². The van der Waals surface area contributed by atoms with Gasteiger partial charge in [-0.25, -0.2) is 4.39 Å². The Morgan fingerprint density at radius 1 is 1.50 bits per heavy atom. The lowest BCUT2D eigenvalue weighted by Gasteiger charge is -2.23. The van der Waals surface area contributed by atoms with Crippen molar-refractivity contribution in [2.75, 3.05) is 13.2 Å². The highest BCUT2D eigenvalue weighted by Crippen LogP contribution is 2.15. The molecule has 1 aliphatic heterocycles. The first kappa shape index (κ1) is 14.6. The molecule has 0 radical (unpaired) electrons. The SMILES string of the molecule is Cc1nnnn1-c1ccc(C(=O)N[C@H]2CCCOC2)c(F)c1. The van der Waals surface area contributed by atoms with Crippen LogP contribution in [0.4, 0.5) is 4.39 Å². The number of hydrogen-bond acceptors (Lipinski definition) is 5. The predicted octanol–water partition coefficient (Wildman–Crippen LogP) is 1.02. The molecule has 3 rings (SSSR count). The van der Waals surface area contributed by atoms with E-state index in [0.717, 1.165) is 12.8 Å². The topological polar surface area (TPSA) is 81.9 Å². The molecule has 1 atom stereocenters. The van der Waals surface area contributed by atoms with E-state index in [1.807, 2.05) is 0 Å². The molecule has 1 aliphatic rings. The average molecular weight is 305 g/mol. The van der Waals surface area contributed by atoms with Crippen molar-refractivity contribution in [3.63, 3.8) is 0 Å². The Hall–Kier alpha value is -2.35. The number of aromatic nitrogens is 4. The van der Waals surface area contributed by atoms with Crippen molar-refractivity contribution in [3.05, 3.63) is 35.4 Å². The molecule has 0 bridgehead atoms. The molecule has 2 heterocycles. The Kier molecular flexibility index (Phi) is 4.10. The van der Waals surface area contributed by atoms with E-state index in [0.29, 0.717) is 24.7 Å². The van der Waals surface area contributed by atoms with Gasteiger partial charge in [0.25, 0.3) is 5.91 Å². The highest BCUT2D eigenvalue weighted by atomic mass is 19.1. The number of amides is 1. The molecule has 1 N–H and O–H groups in total. The molecule has 7 nitrogen and oxygen atoms in total. The zero-order valence-electron chi connectivity index (χ0n) is 12.1. The maximum atomic E-state index is 14.2. The zero-order valence-corrected chi connectivity index (χ0v) is 12.1. The maximum Gasteiger partial charge on any atom is 0.254 e. The Morgan fingerprint density at radius 3 is 3.00 bits per heavy atom. The number of carbonyl (C=O) groups excluding carboxylic acids is 1. The number of tetrazole rings is 1. The van der Waals surface area contributed by atoms with Gasteiger partial charge in [-0.3, -0.25) is 4.79 Å². The standard InChI is InChI=1S/C14H16FN5O2/c1-9-17-18-19-20(9)11-4-5-12(13(15)7-11)14(21)16-10-3-2-6-22-8-10/h4-5,7,10H,2-3,6,8H2,1H3,(H,16,21)/t10-/m0/s1. The lowest BCUT2D eigenvalue weighted by molar-refractivity contribution is 0.0622. The van der Waals surface area contributed by atoms with Gasteiger partial charge in [0.1, 0.15) is 5.82 Å². The fraction of sp³-hybridized carbons (Fsp3) is 0.429. The molecule has 22 heavy (non-hydrogen) atoms. The first-order chi connectivity index (χ1) is 10.6. The number of nitrogens with zero attached hydrogens (tertiary/aromatic N) is 4. The second-order valence-corrected chi connectivity index (χ2v) is 5.19. The Morgan fingerprint density at radius 2 is 2.36 bits per heavy atom. The Bertz CT molecular complexity index is 682. The van der Waals surface area contributed by atoms with Crippen LogP contribution in [0.3, 0.4) is 0 Å². The average Bonchev–Trinajstić information content (AvgIpc) is 2.94. The minimum absolute atomic E-state index is 0.0000472. The summed E-state index contributed by atoms with van der Waals surface area (Å²) in [5.41, 5.74) is 0.470. The van der Waals surface area contributed by atoms with Crippen LogP contribution < -0.4 is 5.32 Å². The molecular weight excluding hydrogens is 289 g/mol. The van der Waals surface area contributed by atoms with Gasteiger partial charge in [0.05, 0.1) is 23.9 Å². The second-order valence-electron chi connectivity index (χ2n) is 5.19. The summed E-state index contributed by atoms with van der Waals surface area (Å²) in [7, 11) is 0. The van der Waals surface area contributed by atoms with Crippen LogP contribution in [-0.2, 0) is 4.74 Å². The predicted molar refractivity (Wildman–Crippen MR) is 75.2 cm³/mol. The first-order valence-electron chi connectivity index (χ1n) is 7.08. The normalized spacial score (nSPS) is 18.2. The van der Waals surface area contributed by atoms with E-state index in [-0.39, 0.29) is 11.6 Å². The third-order valence-electron chi connectivity index (χ3n) is 3.56. The molecule has 1 saturated heterocycles. The molecule has 1 aromatic carbocycles. The minimum Gasteiger partial charge on any atom is -0.379 e. The van der Waals surface area contributed by atoms with Crippen molar-refractivity contribution in [1.29, 1.82) is 0 Å². The summed E-state index contributed by atoms with van der Waals surface area (Å²) in [6.45, 7) is 2.89. The second kappa shape index (κ2) is 6.18. The van der Waals surface area contributed by atoms with Crippen LogP contribution in [0.25, 0.3) is 5.69 Å². The van der Waals surface area contributed by atoms with Crippen molar-refractivity contribution < 1.29 is 13.9 Å². The number of carbonyl (C=O) groups is 1. The zero-order chi connectivity index (χ0) is 15.5. The van der Waals surface area contributed by atoms with Crippen molar-refractivity contribution in [1.82, 2.24) is 25.5 Å². The van der Waals surface area contributed by atoms with Crippen LogP contribution in [0.15, 0.2) is 18.2 Å². The largest absolute Gasteiger partial charge is 0.379 e. The molecular formula is C14H16FN5O2. The fourth-order valence-electron chi connectivity index (χ4n) is 2.41. The molecule has 2 aromatic rings. The molecule has 0 saturated carbocycles. The van der Waals surface area contributed by atoms with Gasteiger partial charge in [-0.05, 0) is 42.3 Å². The van der Waals surface area contributed by atoms with E-state index >= 15 is 0 Å². The van der Waals surface area contributed by atoms with Gasteiger partial charge in [0.2, 0.25) is 0 Å². The number of halogens is 1. The van der Waals surface area contributed by atoms with Crippen LogP contribution in [0.2, 0.25) is 0 Å². The fourth-order valence-corrected chi connectivity index (χ4v) is 2.41. The van der Waals surface area contributed by atoms with Crippen molar-refractivity contribution in [3.8, 4) is 5.69 Å². The molecule has 1 aromatic heterocycles. The summed E-state index contributed by atoms with van der Waals surface area (Å²) >= 11 is 0. The van der Waals surface area contributed by atoms with E-state index in [4.69, 9.17) is 4.74 Å². The van der Waals surface area contributed by atoms with Gasteiger partial charge < -0.3 is 10.1 Å². The third-order valence-corrected chi connectivity index (χ3v) is 3.56. The Balaban J connectivity index is 1.77. The van der Waals surface area contributed by atoms with E-state index in [1.165, 1.54) is 16.8 Å². The van der Waals surface area contributed by atoms with E-state index in [1.54, 1.807) is 13.0 Å². The van der Waals surface area contributed by atoms with Crippen LogP contribution in [0.5, 0.6) is 0 Å². The lowest BCUT2D eigenvalue weighted by atomic mass is 10.1. The number of benzene rings is 1. The van der Waals surface area contributed by atoms with Gasteiger partial charge in [-0.15, -0.1) is 5.10 Å². The third kappa shape index (κ3) is 2.96. The number of rotatable bonds is 3. The highest BCUT2D eigenvalue weighted by Gasteiger charge is 2.19. The number of hydrogen-bond donors (Lipinski definition) is 1. The van der Waals surface area contributed by atoms with Gasteiger partial charge in [0, 0.05) is 12.7 Å². The smallest absolute Gasteiger partial charge is 0.254 e. The summed E-state index contributed by atoms with van der Waals surface area (Å²) < 4.78 is 20.9. The van der Waals surface area contributed by atoms with Gasteiger partial charge >= 0.3 is 0 Å². The van der Waals surface area contributed by atoms with Gasteiger partial charge in [0.15, 0.2) is 5.82 Å². The molecule has 1 fully saturated rings. The summed E-state index contributed by atoms with van der Waals surface area (Å²) in [5.74, 6) is -0.509. The summed E-state index contributed by atoms with van der Waals surface area (Å²) in [6.07, 6.45) is 1.74. The molecule has 0 unspecified atom stereocenters. The monoisotopic (exact) mass is 305 g/mol. The number of nitrogens with one attached hydrogen (secondary N) is 1. The Labute approximate surface area is 126 Å². The van der Waals surface area contributed by atoms with Crippen LogP contribution in [0, 0.1) is 12.7 Å². The van der Waals surface area contributed by atoms with E-state index in [2.05, 4.69) is 20.8 Å². The highest BCUT2D eigenvalue weighted by molar-refractivity contribution is 5.94. The van der Waals surface area contributed by atoms with Crippen molar-refractivity contribution in [2.24, 2.45) is 0 Å². The van der Waals surface area contributed by atoms with Crippen LogP contribution in [-0.4, -0.2) is 45.4 Å². The minimum atomic E-state index is -0.610. The lowest BCUT2D eigenvalue weighted by Crippen LogP contribution is -2.40. The van der Waals surface area contributed by atoms with Crippen LogP contribution in [0.1, 0.15) is 29.0 Å². The van der Waals surface area contributed by atoms with E-state index in [9.17, 15) is 9.18 Å². The summed E-state index contributed by atoms with van der Waals surface area (Å²) in [6, 6.07) is 4.22. The van der Waals surface area contributed by atoms with Crippen LogP contribution >= 0.6 is 0 Å². The molecule has 1 amide bonds. The van der Waals surface area contributed by atoms with E-state index < -0.39 is 11.7 Å². The number of aryl methyl sites for hydroxylation is 1. The molecule has 8 heteroatoms. The number of ether oxygens (including phenoxy) is 1. The first-order valence-corrected chi connectivity index (χ1v) is 7.08. The quantitative estimate of drug-likeness (QED) is 0.915. The summed E-state index contributed by atoms with van der Waals surface area (Å²) in [4.78, 5) is 12.1. The van der Waals surface area contributed by atoms with Gasteiger partial charge in [-0.2, -0.15) is 4.68 Å².